The molecule has 1 N–H and O–H groups in total. The van der Waals surface area contributed by atoms with Crippen LogP contribution in [0.2, 0.25) is 0 Å². The third-order valence-electron chi connectivity index (χ3n) is 4.59. The molecule has 2 aromatic heterocycles. The number of hydrogen-bond donors (Lipinski definition) is 1. The van der Waals surface area contributed by atoms with E-state index in [9.17, 15) is 4.79 Å². The van der Waals surface area contributed by atoms with Crippen molar-refractivity contribution in [3.8, 4) is 11.4 Å². The van der Waals surface area contributed by atoms with Crippen molar-refractivity contribution in [2.24, 2.45) is 0 Å². The Morgan fingerprint density at radius 2 is 2.08 bits per heavy atom. The smallest absolute Gasteiger partial charge is 0.274 e. The molecule has 0 saturated heterocycles. The van der Waals surface area contributed by atoms with Crippen LogP contribution < -0.4 is 10.3 Å². The molecular weight excluding hydrogens is 316 g/mol. The van der Waals surface area contributed by atoms with Gasteiger partial charge in [0.1, 0.15) is 5.75 Å². The Kier molecular flexibility index (Phi) is 4.11. The lowest BCUT2D eigenvalue weighted by Crippen LogP contribution is -2.31. The van der Waals surface area contributed by atoms with Crippen molar-refractivity contribution in [2.75, 3.05) is 13.7 Å². The van der Waals surface area contributed by atoms with E-state index >= 15 is 0 Å². The van der Waals surface area contributed by atoms with E-state index < -0.39 is 0 Å². The van der Waals surface area contributed by atoms with Crippen molar-refractivity contribution in [3.63, 3.8) is 0 Å². The van der Waals surface area contributed by atoms with Gasteiger partial charge in [0.25, 0.3) is 5.56 Å². The molecule has 0 aliphatic carbocycles. The second-order valence-electron chi connectivity index (χ2n) is 6.23. The Balaban J connectivity index is 1.58. The van der Waals surface area contributed by atoms with Gasteiger partial charge < -0.3 is 4.74 Å². The molecule has 0 atom stereocenters. The molecule has 3 heterocycles. The van der Waals surface area contributed by atoms with Crippen LogP contribution in [0.5, 0.6) is 5.75 Å². The molecule has 3 aromatic rings. The number of nitrogens with zero attached hydrogens (tertiary/aromatic N) is 3. The Morgan fingerprint density at radius 3 is 2.80 bits per heavy atom. The Bertz CT molecular complexity index is 913. The highest BCUT2D eigenvalue weighted by Crippen LogP contribution is 2.19. The average Bonchev–Trinajstić information content (AvgIpc) is 2.99. The Morgan fingerprint density at radius 1 is 1.24 bits per heavy atom. The molecule has 0 amide bonds. The zero-order chi connectivity index (χ0) is 17.2. The number of ether oxygens (including phenoxy) is 1. The van der Waals surface area contributed by atoms with Crippen molar-refractivity contribution in [3.05, 3.63) is 76.0 Å². The van der Waals surface area contributed by atoms with E-state index in [4.69, 9.17) is 4.74 Å². The maximum Gasteiger partial charge on any atom is 0.274 e. The second kappa shape index (κ2) is 6.57. The lowest BCUT2D eigenvalue weighted by Gasteiger charge is -2.25. The molecule has 6 heteroatoms. The maximum absolute atomic E-state index is 12.7. The van der Waals surface area contributed by atoms with Crippen LogP contribution in [0.15, 0.2) is 53.6 Å². The normalized spacial score (nSPS) is 14.3. The summed E-state index contributed by atoms with van der Waals surface area (Å²) in [5, 5.41) is 3.28. The quantitative estimate of drug-likeness (QED) is 0.793. The molecule has 0 spiro atoms. The largest absolute Gasteiger partial charge is 0.497 e. The molecule has 6 nitrogen and oxygen atoms in total. The van der Waals surface area contributed by atoms with Crippen molar-refractivity contribution < 1.29 is 4.74 Å². The van der Waals surface area contributed by atoms with Crippen LogP contribution in [0.25, 0.3) is 5.69 Å². The molecule has 25 heavy (non-hydrogen) atoms. The fraction of sp³-hybridized carbons (Fsp3) is 0.263. The molecule has 0 radical (unpaired) electrons. The minimum atomic E-state index is 0.0428. The second-order valence-corrected chi connectivity index (χ2v) is 6.23. The van der Waals surface area contributed by atoms with E-state index in [1.165, 1.54) is 5.56 Å². The summed E-state index contributed by atoms with van der Waals surface area (Å²) in [5.41, 5.74) is 3.93. The van der Waals surface area contributed by atoms with Gasteiger partial charge in [-0.25, -0.2) is 4.68 Å². The summed E-state index contributed by atoms with van der Waals surface area (Å²) in [6, 6.07) is 11.5. The van der Waals surface area contributed by atoms with Crippen molar-refractivity contribution >= 4 is 0 Å². The first-order valence-electron chi connectivity index (χ1n) is 8.33. The Hall–Kier alpha value is -2.86. The molecule has 0 bridgehead atoms. The first-order chi connectivity index (χ1) is 12.2. The van der Waals surface area contributed by atoms with Crippen LogP contribution in [0.4, 0.5) is 0 Å². The zero-order valence-electron chi connectivity index (χ0n) is 14.1. The standard InChI is InChI=1S/C19H20N4O2/c1-25-16-6-4-15(5-7-16)23-19(24)17-8-10-22(13-18(17)21-23)12-14-3-2-9-20-11-14/h2-7,9,11,21H,8,10,12-13H2,1H3. The zero-order valence-corrected chi connectivity index (χ0v) is 14.1. The summed E-state index contributed by atoms with van der Waals surface area (Å²) in [6.07, 6.45) is 4.43. The van der Waals surface area contributed by atoms with Crippen LogP contribution in [-0.4, -0.2) is 33.3 Å². The molecule has 1 aliphatic rings. The molecule has 4 rings (SSSR count). The van der Waals surface area contributed by atoms with E-state index in [1.54, 1.807) is 18.0 Å². The van der Waals surface area contributed by atoms with Crippen LogP contribution in [0.1, 0.15) is 16.8 Å². The topological polar surface area (TPSA) is 63.1 Å². The molecule has 1 aromatic carbocycles. The lowest BCUT2D eigenvalue weighted by atomic mass is 10.1. The number of rotatable bonds is 4. The summed E-state index contributed by atoms with van der Waals surface area (Å²) in [7, 11) is 1.63. The van der Waals surface area contributed by atoms with Crippen LogP contribution >= 0.6 is 0 Å². The summed E-state index contributed by atoms with van der Waals surface area (Å²) < 4.78 is 6.80. The summed E-state index contributed by atoms with van der Waals surface area (Å²) >= 11 is 0. The van der Waals surface area contributed by atoms with Crippen LogP contribution in [0, 0.1) is 0 Å². The number of aromatic amines is 1. The number of nitrogens with one attached hydrogen (secondary N) is 1. The molecular formula is C19H20N4O2. The molecule has 0 fully saturated rings. The maximum atomic E-state index is 12.7. The van der Waals surface area contributed by atoms with Gasteiger partial charge in [-0.2, -0.15) is 0 Å². The fourth-order valence-electron chi connectivity index (χ4n) is 3.28. The third kappa shape index (κ3) is 3.08. The number of benzene rings is 1. The minimum absolute atomic E-state index is 0.0428. The average molecular weight is 336 g/mol. The third-order valence-corrected chi connectivity index (χ3v) is 4.59. The van der Waals surface area contributed by atoms with Gasteiger partial charge in [-0.3, -0.25) is 19.8 Å². The number of pyridine rings is 1. The first-order valence-corrected chi connectivity index (χ1v) is 8.33. The van der Waals surface area contributed by atoms with E-state index in [0.717, 1.165) is 48.7 Å². The highest BCUT2D eigenvalue weighted by atomic mass is 16.5. The summed E-state index contributed by atoms with van der Waals surface area (Å²) in [6.45, 7) is 2.45. The number of fused-ring (bicyclic) bond motifs is 1. The van der Waals surface area contributed by atoms with Crippen molar-refractivity contribution in [1.82, 2.24) is 19.7 Å². The van der Waals surface area contributed by atoms with Gasteiger partial charge in [0, 0.05) is 37.6 Å². The predicted molar refractivity (Wildman–Crippen MR) is 95.0 cm³/mol. The molecule has 128 valence electrons. The molecule has 0 saturated carbocycles. The monoisotopic (exact) mass is 336 g/mol. The Labute approximate surface area is 145 Å². The van der Waals surface area contributed by atoms with E-state index in [0.29, 0.717) is 0 Å². The molecule has 0 unspecified atom stereocenters. The van der Waals surface area contributed by atoms with E-state index in [2.05, 4.69) is 21.0 Å². The van der Waals surface area contributed by atoms with Gasteiger partial charge in [-0.15, -0.1) is 0 Å². The fourth-order valence-corrected chi connectivity index (χ4v) is 3.28. The van der Waals surface area contributed by atoms with Crippen LogP contribution in [0.3, 0.4) is 0 Å². The van der Waals surface area contributed by atoms with Crippen molar-refractivity contribution in [2.45, 2.75) is 19.5 Å². The first kappa shape index (κ1) is 15.7. The SMILES string of the molecule is COc1ccc(-n2[nH]c3c(c2=O)CCN(Cc2cccnc2)C3)cc1. The number of aromatic nitrogens is 3. The van der Waals surface area contributed by atoms with Gasteiger partial charge in [0.05, 0.1) is 18.5 Å². The summed E-state index contributed by atoms with van der Waals surface area (Å²) in [5.74, 6) is 0.774. The van der Waals surface area contributed by atoms with E-state index in [-0.39, 0.29) is 5.56 Å². The van der Waals surface area contributed by atoms with Crippen molar-refractivity contribution in [1.29, 1.82) is 0 Å². The number of H-pyrrole nitrogens is 1. The van der Waals surface area contributed by atoms with Gasteiger partial charge in [0.2, 0.25) is 0 Å². The van der Waals surface area contributed by atoms with Gasteiger partial charge >= 0.3 is 0 Å². The van der Waals surface area contributed by atoms with Gasteiger partial charge in [-0.1, -0.05) is 6.07 Å². The highest BCUT2D eigenvalue weighted by Gasteiger charge is 2.23. The minimum Gasteiger partial charge on any atom is -0.497 e. The van der Waals surface area contributed by atoms with Gasteiger partial charge in [-0.05, 0) is 42.3 Å². The highest BCUT2D eigenvalue weighted by molar-refractivity contribution is 5.38. The summed E-state index contributed by atoms with van der Waals surface area (Å²) in [4.78, 5) is 19.2. The predicted octanol–water partition coefficient (Wildman–Crippen LogP) is 2.13. The number of hydrogen-bond acceptors (Lipinski definition) is 4. The molecule has 1 aliphatic heterocycles. The van der Waals surface area contributed by atoms with Crippen LogP contribution in [-0.2, 0) is 19.5 Å². The lowest BCUT2D eigenvalue weighted by molar-refractivity contribution is 0.242. The number of methoxy groups -OCH3 is 1. The van der Waals surface area contributed by atoms with E-state index in [1.807, 2.05) is 36.5 Å². The van der Waals surface area contributed by atoms with Gasteiger partial charge in [0.15, 0.2) is 0 Å².